The molecule has 6 nitrogen and oxygen atoms in total. The molecule has 0 spiro atoms. The van der Waals surface area contributed by atoms with Gasteiger partial charge in [-0.05, 0) is 38.1 Å². The van der Waals surface area contributed by atoms with Crippen LogP contribution in [-0.4, -0.2) is 41.2 Å². The number of carbonyl (C=O) groups excluding carboxylic acids is 1. The number of nitriles is 1. The first-order valence-electron chi connectivity index (χ1n) is 9.63. The summed E-state index contributed by atoms with van der Waals surface area (Å²) in [4.78, 5) is 15.1. The van der Waals surface area contributed by atoms with E-state index in [-0.39, 0.29) is 24.4 Å². The van der Waals surface area contributed by atoms with Gasteiger partial charge >= 0.3 is 0 Å². The summed E-state index contributed by atoms with van der Waals surface area (Å²) < 4.78 is 5.59. The highest BCUT2D eigenvalue weighted by molar-refractivity contribution is 6.03. The molecule has 0 aliphatic carbocycles. The predicted molar refractivity (Wildman–Crippen MR) is 108 cm³/mol. The summed E-state index contributed by atoms with van der Waals surface area (Å²) >= 11 is 0. The van der Waals surface area contributed by atoms with Crippen molar-refractivity contribution < 1.29 is 9.21 Å². The van der Waals surface area contributed by atoms with E-state index >= 15 is 0 Å². The summed E-state index contributed by atoms with van der Waals surface area (Å²) in [5.74, 6) is 0.516. The molecule has 0 saturated heterocycles. The third kappa shape index (κ3) is 4.49. The van der Waals surface area contributed by atoms with E-state index in [0.29, 0.717) is 19.5 Å². The van der Waals surface area contributed by atoms with Crippen molar-refractivity contribution >= 4 is 11.6 Å². The third-order valence-electron chi connectivity index (χ3n) is 4.98. The van der Waals surface area contributed by atoms with Crippen molar-refractivity contribution in [1.82, 2.24) is 9.91 Å². The molecule has 0 radical (unpaired) electrons. The second-order valence-electron chi connectivity index (χ2n) is 7.24. The van der Waals surface area contributed by atoms with E-state index in [2.05, 4.69) is 11.2 Å². The maximum absolute atomic E-state index is 13.1. The van der Waals surface area contributed by atoms with Crippen LogP contribution in [0, 0.1) is 24.2 Å². The van der Waals surface area contributed by atoms with Gasteiger partial charge < -0.3 is 4.42 Å². The average molecular weight is 378 g/mol. The van der Waals surface area contributed by atoms with Crippen molar-refractivity contribution in [2.24, 2.45) is 11.0 Å². The SMILES string of the molecule is CCN(CC(=O)N1N=C(c2ccc(C)cc2)C[C@@H]1c1ccco1)C[C@H](C)C#N. The number of likely N-dealkylation sites (N-methyl/N-ethyl adjacent to an activating group) is 1. The van der Waals surface area contributed by atoms with Crippen molar-refractivity contribution in [3.05, 3.63) is 59.5 Å². The highest BCUT2D eigenvalue weighted by Crippen LogP contribution is 2.33. The Bertz CT molecular complexity index is 865. The van der Waals surface area contributed by atoms with Crippen LogP contribution in [0.5, 0.6) is 0 Å². The number of aryl methyl sites for hydroxylation is 1. The van der Waals surface area contributed by atoms with Gasteiger partial charge in [0.05, 0.1) is 30.5 Å². The largest absolute Gasteiger partial charge is 0.467 e. The Morgan fingerprint density at radius 2 is 2.14 bits per heavy atom. The number of hydrazone groups is 1. The van der Waals surface area contributed by atoms with Gasteiger partial charge in [-0.2, -0.15) is 10.4 Å². The smallest absolute Gasteiger partial charge is 0.257 e. The van der Waals surface area contributed by atoms with Gasteiger partial charge in [0, 0.05) is 13.0 Å². The molecule has 1 aromatic heterocycles. The Balaban J connectivity index is 1.82. The lowest BCUT2D eigenvalue weighted by Crippen LogP contribution is -2.39. The molecule has 0 saturated carbocycles. The zero-order chi connectivity index (χ0) is 20.1. The van der Waals surface area contributed by atoms with Crippen LogP contribution in [0.3, 0.4) is 0 Å². The summed E-state index contributed by atoms with van der Waals surface area (Å²) in [6, 6.07) is 13.9. The van der Waals surface area contributed by atoms with E-state index in [1.54, 1.807) is 11.3 Å². The minimum Gasteiger partial charge on any atom is -0.467 e. The quantitative estimate of drug-likeness (QED) is 0.735. The van der Waals surface area contributed by atoms with Gasteiger partial charge in [-0.25, -0.2) is 5.01 Å². The Morgan fingerprint density at radius 1 is 1.39 bits per heavy atom. The number of hydrogen-bond donors (Lipinski definition) is 0. The highest BCUT2D eigenvalue weighted by Gasteiger charge is 2.35. The fourth-order valence-corrected chi connectivity index (χ4v) is 3.36. The van der Waals surface area contributed by atoms with Gasteiger partial charge in [-0.3, -0.25) is 9.69 Å². The van der Waals surface area contributed by atoms with Crippen molar-refractivity contribution in [2.75, 3.05) is 19.6 Å². The Kier molecular flexibility index (Phi) is 6.27. The third-order valence-corrected chi connectivity index (χ3v) is 4.98. The summed E-state index contributed by atoms with van der Waals surface area (Å²) in [6.45, 7) is 7.39. The van der Waals surface area contributed by atoms with E-state index < -0.39 is 0 Å². The van der Waals surface area contributed by atoms with Crippen molar-refractivity contribution in [2.45, 2.75) is 33.2 Å². The lowest BCUT2D eigenvalue weighted by atomic mass is 10.0. The molecule has 3 rings (SSSR count). The number of carbonyl (C=O) groups is 1. The molecule has 1 aliphatic rings. The molecule has 1 amide bonds. The molecule has 0 unspecified atom stereocenters. The van der Waals surface area contributed by atoms with Crippen molar-refractivity contribution in [3.8, 4) is 6.07 Å². The standard InChI is InChI=1S/C22H26N4O2/c1-4-25(14-17(3)13-23)15-22(27)26-20(21-6-5-11-28-21)12-19(24-26)18-9-7-16(2)8-10-18/h5-11,17,20H,4,12,14-15H2,1-3H3/t17-,20-/m1/s1. The van der Waals surface area contributed by atoms with E-state index in [0.717, 1.165) is 17.0 Å². The van der Waals surface area contributed by atoms with E-state index in [4.69, 9.17) is 9.68 Å². The second kappa shape index (κ2) is 8.85. The molecular formula is C22H26N4O2. The van der Waals surface area contributed by atoms with Crippen LogP contribution in [0.2, 0.25) is 0 Å². The molecule has 6 heteroatoms. The first kappa shape index (κ1) is 19.8. The van der Waals surface area contributed by atoms with Gasteiger partial charge in [-0.1, -0.05) is 36.8 Å². The van der Waals surface area contributed by atoms with Gasteiger partial charge in [-0.15, -0.1) is 0 Å². The molecule has 1 aliphatic heterocycles. The lowest BCUT2D eigenvalue weighted by Gasteiger charge is -2.25. The number of nitrogens with zero attached hydrogens (tertiary/aromatic N) is 4. The van der Waals surface area contributed by atoms with Gasteiger partial charge in [0.15, 0.2) is 0 Å². The number of amides is 1. The summed E-state index contributed by atoms with van der Waals surface area (Å²) in [6.07, 6.45) is 2.23. The molecule has 0 fully saturated rings. The van der Waals surface area contributed by atoms with Crippen LogP contribution in [0.15, 0.2) is 52.2 Å². The number of rotatable bonds is 7. The Morgan fingerprint density at radius 3 is 2.75 bits per heavy atom. The van der Waals surface area contributed by atoms with Gasteiger partial charge in [0.1, 0.15) is 11.8 Å². The molecular weight excluding hydrogens is 352 g/mol. The molecule has 146 valence electrons. The van der Waals surface area contributed by atoms with Crippen LogP contribution in [0.4, 0.5) is 0 Å². The monoisotopic (exact) mass is 378 g/mol. The van der Waals surface area contributed by atoms with Crippen LogP contribution in [0.25, 0.3) is 0 Å². The molecule has 0 N–H and O–H groups in total. The van der Waals surface area contributed by atoms with E-state index in [1.165, 1.54) is 5.56 Å². The fourth-order valence-electron chi connectivity index (χ4n) is 3.36. The van der Waals surface area contributed by atoms with E-state index in [1.807, 2.05) is 62.1 Å². The van der Waals surface area contributed by atoms with Crippen LogP contribution < -0.4 is 0 Å². The lowest BCUT2D eigenvalue weighted by molar-refractivity contribution is -0.134. The highest BCUT2D eigenvalue weighted by atomic mass is 16.3. The number of benzene rings is 1. The first-order chi connectivity index (χ1) is 13.5. The Hall–Kier alpha value is -2.91. The first-order valence-corrected chi connectivity index (χ1v) is 9.63. The minimum atomic E-state index is -0.245. The summed E-state index contributed by atoms with van der Waals surface area (Å²) in [5, 5.41) is 15.3. The van der Waals surface area contributed by atoms with Crippen LogP contribution in [-0.2, 0) is 4.79 Å². The summed E-state index contributed by atoms with van der Waals surface area (Å²) in [7, 11) is 0. The molecule has 2 aromatic rings. The molecule has 1 aromatic carbocycles. The van der Waals surface area contributed by atoms with Crippen molar-refractivity contribution in [1.29, 1.82) is 5.26 Å². The zero-order valence-electron chi connectivity index (χ0n) is 16.6. The maximum Gasteiger partial charge on any atom is 0.257 e. The normalized spacial score (nSPS) is 17.5. The molecule has 0 bridgehead atoms. The van der Waals surface area contributed by atoms with Crippen LogP contribution >= 0.6 is 0 Å². The van der Waals surface area contributed by atoms with Gasteiger partial charge in [0.25, 0.3) is 5.91 Å². The van der Waals surface area contributed by atoms with E-state index in [9.17, 15) is 4.79 Å². The van der Waals surface area contributed by atoms with Crippen molar-refractivity contribution in [3.63, 3.8) is 0 Å². The fraction of sp³-hybridized carbons (Fsp3) is 0.409. The topological polar surface area (TPSA) is 72.8 Å². The maximum atomic E-state index is 13.1. The number of hydrogen-bond acceptors (Lipinski definition) is 5. The minimum absolute atomic E-state index is 0.0875. The second-order valence-corrected chi connectivity index (χ2v) is 7.24. The molecule has 2 heterocycles. The predicted octanol–water partition coefficient (Wildman–Crippen LogP) is 3.75. The summed E-state index contributed by atoms with van der Waals surface area (Å²) in [5.41, 5.74) is 3.08. The number of furan rings is 1. The zero-order valence-corrected chi connectivity index (χ0v) is 16.6. The molecule has 2 atom stereocenters. The van der Waals surface area contributed by atoms with Crippen LogP contribution in [0.1, 0.15) is 43.2 Å². The Labute approximate surface area is 166 Å². The molecule has 28 heavy (non-hydrogen) atoms. The average Bonchev–Trinajstić information content (AvgIpc) is 3.37. The van der Waals surface area contributed by atoms with Gasteiger partial charge in [0.2, 0.25) is 0 Å².